The van der Waals surface area contributed by atoms with E-state index in [2.05, 4.69) is 10.6 Å². The number of nitrogens with zero attached hydrogens (tertiary/aromatic N) is 1. The fourth-order valence-electron chi connectivity index (χ4n) is 4.31. The van der Waals surface area contributed by atoms with Gasteiger partial charge in [0.1, 0.15) is 6.04 Å². The number of likely N-dealkylation sites (tertiary alicyclic amines) is 1. The number of carbonyl (C=O) groups is 2. The standard InChI is InChI=1S/C21H29N3O4/c1-21(2)27-17-11-10-15(13-18(17)28-21)22-19(25)16-9-6-12-24(16)20(26)23-14-7-4-3-5-8-14/h10-11,13-14,16H,3-9,12H2,1-2H3,(H,22,25)(H,23,26)/t16-/m1/s1. The van der Waals surface area contributed by atoms with Crippen LogP contribution in [0.2, 0.25) is 0 Å². The fourth-order valence-corrected chi connectivity index (χ4v) is 4.31. The SMILES string of the molecule is CC1(C)Oc2ccc(NC(=O)[C@H]3CCCN3C(=O)NC3CCCCC3)cc2O1. The van der Waals surface area contributed by atoms with Gasteiger partial charge in [-0.2, -0.15) is 0 Å². The van der Waals surface area contributed by atoms with E-state index < -0.39 is 11.8 Å². The third kappa shape index (κ3) is 4.03. The highest BCUT2D eigenvalue weighted by Gasteiger charge is 2.36. The van der Waals surface area contributed by atoms with Crippen molar-refractivity contribution >= 4 is 17.6 Å². The molecule has 0 bridgehead atoms. The summed E-state index contributed by atoms with van der Waals surface area (Å²) < 4.78 is 11.4. The van der Waals surface area contributed by atoms with Crippen LogP contribution in [-0.2, 0) is 4.79 Å². The van der Waals surface area contributed by atoms with Crippen molar-refractivity contribution in [2.45, 2.75) is 76.7 Å². The van der Waals surface area contributed by atoms with Crippen molar-refractivity contribution in [1.29, 1.82) is 0 Å². The van der Waals surface area contributed by atoms with Gasteiger partial charge >= 0.3 is 6.03 Å². The Hall–Kier alpha value is -2.44. The summed E-state index contributed by atoms with van der Waals surface area (Å²) in [4.78, 5) is 27.2. The number of hydrogen-bond acceptors (Lipinski definition) is 4. The Morgan fingerprint density at radius 2 is 1.79 bits per heavy atom. The van der Waals surface area contributed by atoms with Gasteiger partial charge in [-0.1, -0.05) is 19.3 Å². The van der Waals surface area contributed by atoms with Crippen molar-refractivity contribution in [3.8, 4) is 11.5 Å². The van der Waals surface area contributed by atoms with E-state index in [1.54, 1.807) is 23.1 Å². The van der Waals surface area contributed by atoms with E-state index in [0.717, 1.165) is 32.1 Å². The molecule has 2 fully saturated rings. The van der Waals surface area contributed by atoms with Crippen LogP contribution in [0.1, 0.15) is 58.8 Å². The Bertz CT molecular complexity index is 758. The number of ether oxygens (including phenoxy) is 2. The minimum atomic E-state index is -0.704. The molecule has 1 saturated heterocycles. The quantitative estimate of drug-likeness (QED) is 0.830. The van der Waals surface area contributed by atoms with E-state index >= 15 is 0 Å². The largest absolute Gasteiger partial charge is 0.449 e. The Kier molecular flexibility index (Phi) is 5.08. The summed E-state index contributed by atoms with van der Waals surface area (Å²) in [5, 5.41) is 6.06. The highest BCUT2D eigenvalue weighted by Crippen LogP contribution is 2.40. The van der Waals surface area contributed by atoms with Crippen LogP contribution in [-0.4, -0.2) is 41.3 Å². The summed E-state index contributed by atoms with van der Waals surface area (Å²) in [6, 6.07) is 5.04. The number of benzene rings is 1. The molecule has 7 heteroatoms. The number of urea groups is 1. The lowest BCUT2D eigenvalue weighted by Crippen LogP contribution is -2.50. The summed E-state index contributed by atoms with van der Waals surface area (Å²) in [7, 11) is 0. The maximum absolute atomic E-state index is 12.8. The Labute approximate surface area is 165 Å². The van der Waals surface area contributed by atoms with Gasteiger partial charge < -0.3 is 25.0 Å². The first-order chi connectivity index (χ1) is 13.4. The molecule has 1 aromatic rings. The Morgan fingerprint density at radius 3 is 2.57 bits per heavy atom. The molecule has 28 heavy (non-hydrogen) atoms. The topological polar surface area (TPSA) is 79.9 Å². The first kappa shape index (κ1) is 18.9. The van der Waals surface area contributed by atoms with Crippen LogP contribution in [0.15, 0.2) is 18.2 Å². The van der Waals surface area contributed by atoms with Crippen LogP contribution in [0, 0.1) is 0 Å². The maximum Gasteiger partial charge on any atom is 0.318 e. The van der Waals surface area contributed by atoms with Crippen molar-refractivity contribution < 1.29 is 19.1 Å². The number of rotatable bonds is 3. The molecule has 1 aliphatic carbocycles. The predicted octanol–water partition coefficient (Wildman–Crippen LogP) is 3.64. The molecule has 0 aromatic heterocycles. The van der Waals surface area contributed by atoms with Crippen LogP contribution in [0.3, 0.4) is 0 Å². The lowest BCUT2D eigenvalue weighted by molar-refractivity contribution is -0.119. The molecule has 4 rings (SSSR count). The average molecular weight is 387 g/mol. The maximum atomic E-state index is 12.8. The van der Waals surface area contributed by atoms with Gasteiger partial charge in [0.25, 0.3) is 0 Å². The second-order valence-electron chi connectivity index (χ2n) is 8.39. The van der Waals surface area contributed by atoms with Gasteiger partial charge in [-0.25, -0.2) is 4.79 Å². The van der Waals surface area contributed by atoms with E-state index in [-0.39, 0.29) is 18.0 Å². The van der Waals surface area contributed by atoms with E-state index in [9.17, 15) is 9.59 Å². The first-order valence-corrected chi connectivity index (χ1v) is 10.3. The van der Waals surface area contributed by atoms with E-state index in [1.807, 2.05) is 13.8 Å². The molecule has 1 atom stereocenters. The van der Waals surface area contributed by atoms with Gasteiger partial charge in [-0.05, 0) is 37.8 Å². The summed E-state index contributed by atoms with van der Waals surface area (Å²) in [6.07, 6.45) is 7.15. The number of carbonyl (C=O) groups excluding carboxylic acids is 2. The molecule has 1 aromatic carbocycles. The average Bonchev–Trinajstić information content (AvgIpc) is 3.25. The first-order valence-electron chi connectivity index (χ1n) is 10.3. The van der Waals surface area contributed by atoms with Gasteiger partial charge in [0.2, 0.25) is 11.7 Å². The third-order valence-corrected chi connectivity index (χ3v) is 5.67. The van der Waals surface area contributed by atoms with Crippen molar-refractivity contribution in [1.82, 2.24) is 10.2 Å². The van der Waals surface area contributed by atoms with Gasteiger partial charge in [0.05, 0.1) is 0 Å². The van der Waals surface area contributed by atoms with Gasteiger partial charge in [0.15, 0.2) is 11.5 Å². The summed E-state index contributed by atoms with van der Waals surface area (Å²) in [5.74, 6) is 0.414. The lowest BCUT2D eigenvalue weighted by Gasteiger charge is -2.29. The molecule has 0 unspecified atom stereocenters. The molecule has 1 saturated carbocycles. The minimum Gasteiger partial charge on any atom is -0.449 e. The number of fused-ring (bicyclic) bond motifs is 1. The molecule has 0 spiro atoms. The summed E-state index contributed by atoms with van der Waals surface area (Å²) >= 11 is 0. The molecule has 2 N–H and O–H groups in total. The monoisotopic (exact) mass is 387 g/mol. The van der Waals surface area contributed by atoms with Gasteiger partial charge in [-0.15, -0.1) is 0 Å². The minimum absolute atomic E-state index is 0.114. The number of hydrogen-bond donors (Lipinski definition) is 2. The Balaban J connectivity index is 1.38. The van der Waals surface area contributed by atoms with Crippen molar-refractivity contribution in [2.24, 2.45) is 0 Å². The van der Waals surface area contributed by atoms with Gasteiger partial charge in [-0.3, -0.25) is 4.79 Å². The molecule has 2 heterocycles. The van der Waals surface area contributed by atoms with E-state index in [0.29, 0.717) is 30.2 Å². The zero-order chi connectivity index (χ0) is 19.7. The third-order valence-electron chi connectivity index (χ3n) is 5.67. The van der Waals surface area contributed by atoms with Crippen LogP contribution >= 0.6 is 0 Å². The fraction of sp³-hybridized carbons (Fsp3) is 0.619. The summed E-state index contributed by atoms with van der Waals surface area (Å²) in [6.45, 7) is 4.30. The highest BCUT2D eigenvalue weighted by molar-refractivity contribution is 5.97. The predicted molar refractivity (Wildman–Crippen MR) is 106 cm³/mol. The van der Waals surface area contributed by atoms with Crippen LogP contribution in [0.5, 0.6) is 11.5 Å². The van der Waals surface area contributed by atoms with Crippen molar-refractivity contribution in [3.05, 3.63) is 18.2 Å². The van der Waals surface area contributed by atoms with Crippen LogP contribution < -0.4 is 20.1 Å². The number of anilines is 1. The van der Waals surface area contributed by atoms with E-state index in [1.165, 1.54) is 6.42 Å². The molecule has 3 aliphatic rings. The molecule has 152 valence electrons. The van der Waals surface area contributed by atoms with Crippen molar-refractivity contribution in [2.75, 3.05) is 11.9 Å². The second kappa shape index (κ2) is 7.53. The molecule has 0 radical (unpaired) electrons. The Morgan fingerprint density at radius 1 is 1.04 bits per heavy atom. The molecule has 7 nitrogen and oxygen atoms in total. The number of amides is 3. The van der Waals surface area contributed by atoms with Crippen LogP contribution in [0.4, 0.5) is 10.5 Å². The van der Waals surface area contributed by atoms with Crippen molar-refractivity contribution in [3.63, 3.8) is 0 Å². The smallest absolute Gasteiger partial charge is 0.318 e. The van der Waals surface area contributed by atoms with Gasteiger partial charge in [0, 0.05) is 38.2 Å². The molecular weight excluding hydrogens is 358 g/mol. The molecule has 2 aliphatic heterocycles. The second-order valence-corrected chi connectivity index (χ2v) is 8.39. The zero-order valence-electron chi connectivity index (χ0n) is 16.6. The number of nitrogens with one attached hydrogen (secondary N) is 2. The highest BCUT2D eigenvalue weighted by atomic mass is 16.7. The summed E-state index contributed by atoms with van der Waals surface area (Å²) in [5.41, 5.74) is 0.643. The molecular formula is C21H29N3O4. The molecule has 3 amide bonds. The van der Waals surface area contributed by atoms with Crippen LogP contribution in [0.25, 0.3) is 0 Å². The zero-order valence-corrected chi connectivity index (χ0v) is 16.6. The normalized spacial score (nSPS) is 23.5. The lowest BCUT2D eigenvalue weighted by atomic mass is 9.96. The van der Waals surface area contributed by atoms with E-state index in [4.69, 9.17) is 9.47 Å².